The molecule has 0 bridgehead atoms. The van der Waals surface area contributed by atoms with Crippen molar-refractivity contribution in [3.8, 4) is 17.6 Å². The van der Waals surface area contributed by atoms with Crippen LogP contribution < -0.4 is 9.47 Å². The molecular weight excluding hydrogens is 368 g/mol. The van der Waals surface area contributed by atoms with Gasteiger partial charge >= 0.3 is 0 Å². The summed E-state index contributed by atoms with van der Waals surface area (Å²) in [5.41, 5.74) is 2.73. The number of nitriles is 1. The first kappa shape index (κ1) is 21.9. The maximum Gasteiger partial charge on any atom is 0.161 e. The highest BCUT2D eigenvalue weighted by Gasteiger charge is 2.39. The molecule has 0 radical (unpaired) electrons. The second-order valence-corrected chi connectivity index (χ2v) is 9.35. The van der Waals surface area contributed by atoms with Crippen molar-refractivity contribution >= 4 is 0 Å². The third-order valence-electron chi connectivity index (χ3n) is 5.90. The summed E-state index contributed by atoms with van der Waals surface area (Å²) in [6.07, 6.45) is 2.49. The molecule has 3 rings (SSSR count). The predicted octanol–water partition coefficient (Wildman–Crippen LogP) is 3.33. The molecule has 1 aromatic rings. The minimum absolute atomic E-state index is 0.0702. The third-order valence-corrected chi connectivity index (χ3v) is 5.90. The Morgan fingerprint density at radius 3 is 2.72 bits per heavy atom. The summed E-state index contributed by atoms with van der Waals surface area (Å²) in [6.45, 7) is 9.49. The fourth-order valence-corrected chi connectivity index (χ4v) is 4.69. The van der Waals surface area contributed by atoms with Crippen LogP contribution >= 0.6 is 0 Å². The van der Waals surface area contributed by atoms with E-state index >= 15 is 0 Å². The van der Waals surface area contributed by atoms with Gasteiger partial charge in [-0.1, -0.05) is 20.8 Å². The van der Waals surface area contributed by atoms with Gasteiger partial charge in [0.1, 0.15) is 13.2 Å². The number of hydrogen-bond acceptors (Lipinski definition) is 6. The Morgan fingerprint density at radius 2 is 2.03 bits per heavy atom. The van der Waals surface area contributed by atoms with Crippen molar-refractivity contribution in [3.63, 3.8) is 0 Å². The van der Waals surface area contributed by atoms with Gasteiger partial charge in [0.05, 0.1) is 25.9 Å². The lowest BCUT2D eigenvalue weighted by Crippen LogP contribution is -2.48. The summed E-state index contributed by atoms with van der Waals surface area (Å²) >= 11 is 0. The fourth-order valence-electron chi connectivity index (χ4n) is 4.69. The van der Waals surface area contributed by atoms with E-state index in [-0.39, 0.29) is 24.2 Å². The Labute approximate surface area is 174 Å². The zero-order chi connectivity index (χ0) is 21.0. The Morgan fingerprint density at radius 1 is 1.24 bits per heavy atom. The molecule has 2 aliphatic heterocycles. The van der Waals surface area contributed by atoms with Crippen LogP contribution in [0.2, 0.25) is 0 Å². The lowest BCUT2D eigenvalue weighted by Gasteiger charge is -2.47. The first-order valence-corrected chi connectivity index (χ1v) is 10.5. The number of benzene rings is 1. The van der Waals surface area contributed by atoms with Crippen LogP contribution in [0, 0.1) is 22.7 Å². The molecule has 0 aromatic heterocycles. The van der Waals surface area contributed by atoms with Gasteiger partial charge in [-0.05, 0) is 53.9 Å². The summed E-state index contributed by atoms with van der Waals surface area (Å²) in [6, 6.07) is 6.33. The minimum atomic E-state index is -0.277. The maximum atomic E-state index is 10.8. The lowest BCUT2D eigenvalue weighted by molar-refractivity contribution is -0.0259. The molecule has 0 amide bonds. The predicted molar refractivity (Wildman–Crippen MR) is 111 cm³/mol. The molecule has 1 saturated heterocycles. The van der Waals surface area contributed by atoms with Crippen molar-refractivity contribution in [1.82, 2.24) is 4.90 Å². The summed E-state index contributed by atoms with van der Waals surface area (Å²) in [5.74, 6) is 1.74. The quantitative estimate of drug-likeness (QED) is 0.705. The van der Waals surface area contributed by atoms with Crippen LogP contribution in [0.5, 0.6) is 11.5 Å². The van der Waals surface area contributed by atoms with Crippen LogP contribution in [-0.4, -0.2) is 56.1 Å². The van der Waals surface area contributed by atoms with E-state index in [1.165, 1.54) is 11.1 Å². The van der Waals surface area contributed by atoms with Gasteiger partial charge in [0, 0.05) is 19.1 Å². The van der Waals surface area contributed by atoms with Gasteiger partial charge in [-0.15, -0.1) is 0 Å². The molecule has 0 unspecified atom stereocenters. The van der Waals surface area contributed by atoms with E-state index in [0.717, 1.165) is 32.4 Å². The first-order valence-electron chi connectivity index (χ1n) is 10.5. The zero-order valence-electron chi connectivity index (χ0n) is 18.1. The van der Waals surface area contributed by atoms with E-state index in [4.69, 9.17) is 19.5 Å². The second kappa shape index (κ2) is 9.34. The number of rotatable bonds is 7. The van der Waals surface area contributed by atoms with Crippen LogP contribution in [0.3, 0.4) is 0 Å². The number of hydrogen-bond donors (Lipinski definition) is 1. The van der Waals surface area contributed by atoms with Crippen LogP contribution in [0.1, 0.15) is 50.8 Å². The molecule has 3 atom stereocenters. The molecule has 1 fully saturated rings. The molecule has 1 aromatic carbocycles. The van der Waals surface area contributed by atoms with E-state index in [9.17, 15) is 5.11 Å². The number of aliphatic hydroxyl groups is 1. The summed E-state index contributed by atoms with van der Waals surface area (Å²) in [5, 5.41) is 19.4. The number of piperidine rings is 1. The summed E-state index contributed by atoms with van der Waals surface area (Å²) < 4.78 is 16.6. The monoisotopic (exact) mass is 402 g/mol. The average Bonchev–Trinajstić information content (AvgIpc) is 2.67. The van der Waals surface area contributed by atoms with Crippen molar-refractivity contribution in [1.29, 1.82) is 5.26 Å². The lowest BCUT2D eigenvalue weighted by atomic mass is 9.75. The molecule has 29 heavy (non-hydrogen) atoms. The molecule has 160 valence electrons. The number of fused-ring (bicyclic) bond motifs is 3. The third kappa shape index (κ3) is 5.42. The summed E-state index contributed by atoms with van der Waals surface area (Å²) in [4.78, 5) is 2.53. The van der Waals surface area contributed by atoms with Crippen LogP contribution in [0.4, 0.5) is 0 Å². The van der Waals surface area contributed by atoms with Gasteiger partial charge in [-0.25, -0.2) is 0 Å². The van der Waals surface area contributed by atoms with E-state index < -0.39 is 0 Å². The van der Waals surface area contributed by atoms with Crippen LogP contribution in [0.15, 0.2) is 12.1 Å². The number of aliphatic hydroxyl groups excluding tert-OH is 1. The minimum Gasteiger partial charge on any atom is -0.493 e. The Bertz CT molecular complexity index is 738. The van der Waals surface area contributed by atoms with E-state index in [2.05, 4.69) is 37.8 Å². The van der Waals surface area contributed by atoms with Crippen LogP contribution in [0.25, 0.3) is 0 Å². The van der Waals surface area contributed by atoms with Crippen molar-refractivity contribution in [3.05, 3.63) is 23.3 Å². The van der Waals surface area contributed by atoms with Gasteiger partial charge in [-0.2, -0.15) is 5.26 Å². The Balaban J connectivity index is 1.73. The highest BCUT2D eigenvalue weighted by atomic mass is 16.5. The molecule has 2 heterocycles. The van der Waals surface area contributed by atoms with Gasteiger partial charge < -0.3 is 19.3 Å². The second-order valence-electron chi connectivity index (χ2n) is 9.35. The number of nitrogens with zero attached hydrogens (tertiary/aromatic N) is 2. The molecule has 1 N–H and O–H groups in total. The fraction of sp³-hybridized carbons (Fsp3) is 0.696. The SMILES string of the molecule is COc1cc2c(cc1OCCOCC#N)CCN1C[C@@H](CC(C)(C)C)[C@H](O)C[C@H]21. The Kier molecular flexibility index (Phi) is 7.05. The molecule has 6 heteroatoms. The molecule has 0 spiro atoms. The highest BCUT2D eigenvalue weighted by Crippen LogP contribution is 2.44. The topological polar surface area (TPSA) is 75.0 Å². The van der Waals surface area contributed by atoms with Gasteiger partial charge in [0.2, 0.25) is 0 Å². The van der Waals surface area contributed by atoms with E-state index in [1.54, 1.807) is 7.11 Å². The average molecular weight is 403 g/mol. The molecular formula is C23H34N2O4. The van der Waals surface area contributed by atoms with Gasteiger partial charge in [-0.3, -0.25) is 4.90 Å². The normalized spacial score (nSPS) is 24.3. The van der Waals surface area contributed by atoms with Crippen LogP contribution in [-0.2, 0) is 11.2 Å². The van der Waals surface area contributed by atoms with E-state index in [1.807, 2.05) is 6.07 Å². The number of methoxy groups -OCH3 is 1. The van der Waals surface area contributed by atoms with Crippen molar-refractivity contribution in [2.75, 3.05) is 40.0 Å². The van der Waals surface area contributed by atoms with Crippen molar-refractivity contribution in [2.45, 2.75) is 52.2 Å². The summed E-state index contributed by atoms with van der Waals surface area (Å²) in [7, 11) is 1.65. The molecule has 2 aliphatic rings. The zero-order valence-corrected chi connectivity index (χ0v) is 18.1. The molecule has 6 nitrogen and oxygen atoms in total. The number of ether oxygens (including phenoxy) is 3. The smallest absolute Gasteiger partial charge is 0.161 e. The van der Waals surface area contributed by atoms with Gasteiger partial charge in [0.25, 0.3) is 0 Å². The standard InChI is InChI=1S/C23H34N2O4/c1-23(2,3)14-17-15-25-7-5-16-11-22(29-10-9-28-8-6-24)21(27-4)12-18(16)19(25)13-20(17)26/h11-12,17,19-20,26H,5,7-10,13-15H2,1-4H3/t17-,19-,20-/m1/s1. The first-order chi connectivity index (χ1) is 13.8. The Hall–Kier alpha value is -1.81. The largest absolute Gasteiger partial charge is 0.493 e. The van der Waals surface area contributed by atoms with Gasteiger partial charge in [0.15, 0.2) is 11.5 Å². The van der Waals surface area contributed by atoms with E-state index in [0.29, 0.717) is 30.6 Å². The molecule has 0 aliphatic carbocycles. The maximum absolute atomic E-state index is 10.8. The highest BCUT2D eigenvalue weighted by molar-refractivity contribution is 5.49. The van der Waals surface area contributed by atoms with Crippen molar-refractivity contribution in [2.24, 2.45) is 11.3 Å². The van der Waals surface area contributed by atoms with Crippen molar-refractivity contribution < 1.29 is 19.3 Å². The molecule has 0 saturated carbocycles.